The Morgan fingerprint density at radius 2 is 2.37 bits per heavy atom. The number of carbonyl (C=O) groups is 1. The average Bonchev–Trinajstić information content (AvgIpc) is 3.04. The Morgan fingerprint density at radius 3 is 3.00 bits per heavy atom. The fraction of sp³-hybridized carbons (Fsp3) is 0.727. The lowest BCUT2D eigenvalue weighted by Gasteiger charge is -2.20. The van der Waals surface area contributed by atoms with E-state index in [4.69, 9.17) is 5.84 Å². The number of hydrogen-bond acceptors (Lipinski definition) is 6. The van der Waals surface area contributed by atoms with Gasteiger partial charge in [-0.1, -0.05) is 5.21 Å². The molecule has 8 nitrogen and oxygen atoms in total. The van der Waals surface area contributed by atoms with Gasteiger partial charge in [-0.05, 0) is 27.1 Å². The molecule has 0 aliphatic carbocycles. The van der Waals surface area contributed by atoms with Crippen molar-refractivity contribution in [2.24, 2.45) is 5.84 Å². The van der Waals surface area contributed by atoms with Crippen molar-refractivity contribution in [3.8, 4) is 0 Å². The minimum atomic E-state index is -0.417. The number of likely N-dealkylation sites (N-methyl/N-ethyl adjacent to an activating group) is 1. The van der Waals surface area contributed by atoms with Crippen molar-refractivity contribution in [3.05, 3.63) is 11.9 Å². The van der Waals surface area contributed by atoms with Gasteiger partial charge < -0.3 is 4.90 Å². The van der Waals surface area contributed by atoms with Crippen LogP contribution in [0.3, 0.4) is 0 Å². The summed E-state index contributed by atoms with van der Waals surface area (Å²) in [6.45, 7) is 3.83. The quantitative estimate of drug-likeness (QED) is 0.384. The summed E-state index contributed by atoms with van der Waals surface area (Å²) in [7, 11) is 4.23. The molecule has 0 radical (unpaired) electrons. The maximum Gasteiger partial charge on any atom is 0.287 e. The number of carbonyl (C=O) groups excluding carboxylic acids is 1. The third kappa shape index (κ3) is 3.49. The van der Waals surface area contributed by atoms with Crippen LogP contribution in [0.25, 0.3) is 0 Å². The van der Waals surface area contributed by atoms with Crippen LogP contribution in [0.5, 0.6) is 0 Å². The molecule has 19 heavy (non-hydrogen) atoms. The van der Waals surface area contributed by atoms with Crippen LogP contribution in [0, 0.1) is 0 Å². The highest BCUT2D eigenvalue weighted by Gasteiger charge is 2.23. The van der Waals surface area contributed by atoms with Gasteiger partial charge in [-0.3, -0.25) is 19.8 Å². The Bertz CT molecular complexity index is 430. The minimum absolute atomic E-state index is 0.245. The highest BCUT2D eigenvalue weighted by atomic mass is 16.2. The zero-order chi connectivity index (χ0) is 13.8. The second-order valence-corrected chi connectivity index (χ2v) is 5.05. The summed E-state index contributed by atoms with van der Waals surface area (Å²) in [6.07, 6.45) is 2.81. The largest absolute Gasteiger partial charge is 0.305 e. The van der Waals surface area contributed by atoms with Gasteiger partial charge in [0.2, 0.25) is 0 Å². The van der Waals surface area contributed by atoms with E-state index >= 15 is 0 Å². The Hall–Kier alpha value is -1.51. The molecule has 0 saturated carbocycles. The molecule has 0 aromatic carbocycles. The number of nitrogen functional groups attached to an aromatic ring is 1. The topological polar surface area (TPSA) is 92.3 Å². The van der Waals surface area contributed by atoms with Gasteiger partial charge in [0.25, 0.3) is 5.91 Å². The number of amides is 1. The molecular weight excluding hydrogens is 246 g/mol. The summed E-state index contributed by atoms with van der Waals surface area (Å²) < 4.78 is 1.67. The molecule has 1 fully saturated rings. The van der Waals surface area contributed by atoms with E-state index in [9.17, 15) is 4.79 Å². The molecule has 1 aromatic rings. The lowest BCUT2D eigenvalue weighted by atomic mass is 10.2. The molecule has 1 aromatic heterocycles. The molecule has 2 heterocycles. The van der Waals surface area contributed by atoms with Gasteiger partial charge >= 0.3 is 0 Å². The molecule has 8 heteroatoms. The van der Waals surface area contributed by atoms with Crippen molar-refractivity contribution in [2.45, 2.75) is 19.0 Å². The van der Waals surface area contributed by atoms with E-state index in [1.165, 1.54) is 6.42 Å². The molecule has 2 rings (SSSR count). The van der Waals surface area contributed by atoms with Crippen LogP contribution in [-0.4, -0.2) is 70.5 Å². The van der Waals surface area contributed by atoms with Crippen LogP contribution in [0.2, 0.25) is 0 Å². The zero-order valence-corrected chi connectivity index (χ0v) is 11.4. The Balaban J connectivity index is 1.80. The molecule has 1 aliphatic heterocycles. The molecule has 0 spiro atoms. The first-order chi connectivity index (χ1) is 9.10. The predicted octanol–water partition coefficient (Wildman–Crippen LogP) is -1.48. The van der Waals surface area contributed by atoms with E-state index < -0.39 is 5.91 Å². The third-order valence-electron chi connectivity index (χ3n) is 3.53. The maximum absolute atomic E-state index is 11.2. The summed E-state index contributed by atoms with van der Waals surface area (Å²) in [5.41, 5.74) is 2.28. The van der Waals surface area contributed by atoms with Crippen molar-refractivity contribution < 1.29 is 4.79 Å². The second kappa shape index (κ2) is 6.09. The number of likely N-dealkylation sites (tertiary alicyclic amines) is 1. The summed E-state index contributed by atoms with van der Waals surface area (Å²) in [6, 6.07) is 0.634. The Morgan fingerprint density at radius 1 is 1.58 bits per heavy atom. The van der Waals surface area contributed by atoms with E-state index in [2.05, 4.69) is 34.2 Å². The molecular formula is C11H21N7O. The molecule has 1 atom stereocenters. The molecule has 1 unspecified atom stereocenters. The number of hydrogen-bond donors (Lipinski definition) is 2. The van der Waals surface area contributed by atoms with E-state index in [1.54, 1.807) is 10.9 Å². The van der Waals surface area contributed by atoms with Gasteiger partial charge in [0.15, 0.2) is 5.69 Å². The number of aromatic nitrogens is 3. The van der Waals surface area contributed by atoms with Crippen LogP contribution in [0.4, 0.5) is 0 Å². The maximum atomic E-state index is 11.2. The number of nitrogens with zero attached hydrogens (tertiary/aromatic N) is 5. The normalized spacial score (nSPS) is 20.1. The molecule has 1 saturated heterocycles. The number of nitrogens with two attached hydrogens (primary N) is 1. The first-order valence-corrected chi connectivity index (χ1v) is 6.40. The molecule has 3 N–H and O–H groups in total. The van der Waals surface area contributed by atoms with Crippen LogP contribution in [0.1, 0.15) is 16.9 Å². The van der Waals surface area contributed by atoms with Gasteiger partial charge in [-0.15, -0.1) is 5.10 Å². The van der Waals surface area contributed by atoms with Crippen molar-refractivity contribution in [1.82, 2.24) is 30.2 Å². The standard InChI is InChI=1S/C11H21N7O/c1-16(2)9-3-4-17(7-9)5-6-18-8-10(14-15-18)11(19)13-12/h8-9H,3-7,12H2,1-2H3,(H,13,19). The smallest absolute Gasteiger partial charge is 0.287 e. The van der Waals surface area contributed by atoms with E-state index in [1.807, 2.05) is 5.43 Å². The SMILES string of the molecule is CN(C)C1CCN(CCn2cc(C(=O)NN)nn2)C1. The third-order valence-corrected chi connectivity index (χ3v) is 3.53. The second-order valence-electron chi connectivity index (χ2n) is 5.05. The van der Waals surface area contributed by atoms with Crippen LogP contribution in [0.15, 0.2) is 6.20 Å². The van der Waals surface area contributed by atoms with Gasteiger partial charge in [0.1, 0.15) is 0 Å². The summed E-state index contributed by atoms with van der Waals surface area (Å²) in [5, 5.41) is 7.68. The highest BCUT2D eigenvalue weighted by molar-refractivity contribution is 5.91. The van der Waals surface area contributed by atoms with Gasteiger partial charge in [-0.2, -0.15) is 0 Å². The summed E-state index contributed by atoms with van der Waals surface area (Å²) >= 11 is 0. The first kappa shape index (κ1) is 13.9. The first-order valence-electron chi connectivity index (χ1n) is 6.40. The molecule has 1 aliphatic rings. The van der Waals surface area contributed by atoms with Crippen LogP contribution in [-0.2, 0) is 6.54 Å². The lowest BCUT2D eigenvalue weighted by molar-refractivity contribution is 0.0948. The van der Waals surface area contributed by atoms with Gasteiger partial charge in [0.05, 0.1) is 12.7 Å². The Kier molecular flexibility index (Phi) is 4.46. The molecule has 1 amide bonds. The zero-order valence-electron chi connectivity index (χ0n) is 11.4. The minimum Gasteiger partial charge on any atom is -0.305 e. The van der Waals surface area contributed by atoms with Crippen molar-refractivity contribution >= 4 is 5.91 Å². The van der Waals surface area contributed by atoms with E-state index in [-0.39, 0.29) is 5.69 Å². The molecule has 0 bridgehead atoms. The fourth-order valence-corrected chi connectivity index (χ4v) is 2.27. The lowest BCUT2D eigenvalue weighted by Crippen LogP contribution is -2.32. The fourth-order valence-electron chi connectivity index (χ4n) is 2.27. The predicted molar refractivity (Wildman–Crippen MR) is 70.2 cm³/mol. The van der Waals surface area contributed by atoms with E-state index in [0.29, 0.717) is 6.04 Å². The summed E-state index contributed by atoms with van der Waals surface area (Å²) in [5.74, 6) is 4.62. The van der Waals surface area contributed by atoms with E-state index in [0.717, 1.165) is 26.2 Å². The number of rotatable bonds is 5. The van der Waals surface area contributed by atoms with Crippen molar-refractivity contribution in [1.29, 1.82) is 0 Å². The number of hydrazine groups is 1. The monoisotopic (exact) mass is 267 g/mol. The number of nitrogens with one attached hydrogen (secondary N) is 1. The Labute approximate surface area is 112 Å². The van der Waals surface area contributed by atoms with Gasteiger partial charge in [0, 0.05) is 19.1 Å². The summed E-state index contributed by atoms with van der Waals surface area (Å²) in [4.78, 5) is 15.9. The average molecular weight is 267 g/mol. The van der Waals surface area contributed by atoms with Gasteiger partial charge in [-0.25, -0.2) is 5.84 Å². The van der Waals surface area contributed by atoms with Crippen molar-refractivity contribution in [2.75, 3.05) is 33.7 Å². The van der Waals surface area contributed by atoms with Crippen LogP contribution >= 0.6 is 0 Å². The highest BCUT2D eigenvalue weighted by Crippen LogP contribution is 2.12. The van der Waals surface area contributed by atoms with Crippen molar-refractivity contribution in [3.63, 3.8) is 0 Å². The molecule has 106 valence electrons. The van der Waals surface area contributed by atoms with Crippen LogP contribution < -0.4 is 11.3 Å².